The molecule has 21 heavy (non-hydrogen) atoms. The number of rotatable bonds is 4. The van der Waals surface area contributed by atoms with Crippen molar-refractivity contribution in [3.05, 3.63) is 53.6 Å². The number of methoxy groups -OCH3 is 1. The van der Waals surface area contributed by atoms with Crippen LogP contribution in [0.15, 0.2) is 42.5 Å². The Morgan fingerprint density at radius 3 is 2.62 bits per heavy atom. The molecule has 0 saturated carbocycles. The quantitative estimate of drug-likeness (QED) is 0.842. The van der Waals surface area contributed by atoms with Gasteiger partial charge in [-0.05, 0) is 41.8 Å². The van der Waals surface area contributed by atoms with Crippen LogP contribution in [-0.4, -0.2) is 13.0 Å². The fourth-order valence-corrected chi connectivity index (χ4v) is 2.03. The van der Waals surface area contributed by atoms with Crippen LogP contribution in [0.5, 0.6) is 5.75 Å². The van der Waals surface area contributed by atoms with Crippen molar-refractivity contribution in [1.29, 1.82) is 0 Å². The van der Waals surface area contributed by atoms with Gasteiger partial charge in [-0.15, -0.1) is 0 Å². The van der Waals surface area contributed by atoms with Crippen LogP contribution in [0.25, 0.3) is 0 Å². The van der Waals surface area contributed by atoms with Crippen molar-refractivity contribution < 1.29 is 9.53 Å². The van der Waals surface area contributed by atoms with E-state index in [-0.39, 0.29) is 5.91 Å². The fourth-order valence-electron chi connectivity index (χ4n) is 2.03. The van der Waals surface area contributed by atoms with Gasteiger partial charge < -0.3 is 15.8 Å². The third-order valence-corrected chi connectivity index (χ3v) is 3.31. The van der Waals surface area contributed by atoms with Gasteiger partial charge in [-0.25, -0.2) is 0 Å². The van der Waals surface area contributed by atoms with Gasteiger partial charge in [0, 0.05) is 11.3 Å². The molecule has 0 unspecified atom stereocenters. The summed E-state index contributed by atoms with van der Waals surface area (Å²) in [6.07, 6.45) is 0. The van der Waals surface area contributed by atoms with Gasteiger partial charge in [-0.1, -0.05) is 26.0 Å². The van der Waals surface area contributed by atoms with Crippen molar-refractivity contribution in [3.8, 4) is 5.75 Å². The lowest BCUT2D eigenvalue weighted by Gasteiger charge is -2.11. The van der Waals surface area contributed by atoms with Gasteiger partial charge in [-0.3, -0.25) is 4.79 Å². The Hall–Kier alpha value is -2.49. The summed E-state index contributed by atoms with van der Waals surface area (Å²) in [5.74, 6) is 0.728. The SMILES string of the molecule is COc1cc(C(=O)Nc2cccc(C(C)C)c2)ccc1N. The molecule has 0 aromatic heterocycles. The molecule has 0 atom stereocenters. The Kier molecular flexibility index (Phi) is 4.48. The molecular formula is C17H20N2O2. The first-order valence-corrected chi connectivity index (χ1v) is 6.86. The summed E-state index contributed by atoms with van der Waals surface area (Å²) >= 11 is 0. The first-order chi connectivity index (χ1) is 10.0. The van der Waals surface area contributed by atoms with Crippen LogP contribution in [0.4, 0.5) is 11.4 Å². The van der Waals surface area contributed by atoms with Gasteiger partial charge in [0.2, 0.25) is 0 Å². The molecule has 2 rings (SSSR count). The molecule has 0 spiro atoms. The molecule has 0 aliphatic carbocycles. The third kappa shape index (κ3) is 3.54. The average molecular weight is 284 g/mol. The van der Waals surface area contributed by atoms with Gasteiger partial charge in [0.05, 0.1) is 12.8 Å². The van der Waals surface area contributed by atoms with E-state index in [4.69, 9.17) is 10.5 Å². The van der Waals surface area contributed by atoms with E-state index in [1.165, 1.54) is 12.7 Å². The number of hydrogen-bond donors (Lipinski definition) is 2. The summed E-state index contributed by atoms with van der Waals surface area (Å²) in [4.78, 5) is 12.3. The molecule has 4 heteroatoms. The molecule has 0 saturated heterocycles. The highest BCUT2D eigenvalue weighted by atomic mass is 16.5. The Morgan fingerprint density at radius 1 is 1.19 bits per heavy atom. The third-order valence-electron chi connectivity index (χ3n) is 3.31. The molecule has 0 radical (unpaired) electrons. The minimum absolute atomic E-state index is 0.186. The first kappa shape index (κ1) is 14.9. The Morgan fingerprint density at radius 2 is 1.95 bits per heavy atom. The van der Waals surface area contributed by atoms with Crippen LogP contribution in [0.1, 0.15) is 35.7 Å². The van der Waals surface area contributed by atoms with Crippen molar-refractivity contribution in [2.24, 2.45) is 0 Å². The van der Waals surface area contributed by atoms with Crippen molar-refractivity contribution in [2.45, 2.75) is 19.8 Å². The largest absolute Gasteiger partial charge is 0.495 e. The number of carbonyl (C=O) groups excluding carboxylic acids is 1. The summed E-state index contributed by atoms with van der Waals surface area (Å²) in [5.41, 5.74) is 8.73. The van der Waals surface area contributed by atoms with Crippen LogP contribution in [0.3, 0.4) is 0 Å². The number of nitrogens with two attached hydrogens (primary N) is 1. The van der Waals surface area contributed by atoms with E-state index < -0.39 is 0 Å². The number of benzene rings is 2. The maximum Gasteiger partial charge on any atom is 0.255 e. The van der Waals surface area contributed by atoms with Crippen molar-refractivity contribution in [3.63, 3.8) is 0 Å². The molecule has 0 fully saturated rings. The number of nitrogen functional groups attached to an aromatic ring is 1. The van der Waals surface area contributed by atoms with Crippen LogP contribution >= 0.6 is 0 Å². The summed E-state index contributed by atoms with van der Waals surface area (Å²) in [6, 6.07) is 12.8. The summed E-state index contributed by atoms with van der Waals surface area (Å²) in [6.45, 7) is 4.23. The van der Waals surface area contributed by atoms with Gasteiger partial charge in [0.25, 0.3) is 5.91 Å². The zero-order valence-electron chi connectivity index (χ0n) is 12.5. The monoisotopic (exact) mass is 284 g/mol. The predicted molar refractivity (Wildman–Crippen MR) is 85.9 cm³/mol. The molecule has 0 heterocycles. The number of hydrogen-bond acceptors (Lipinski definition) is 3. The molecule has 110 valence electrons. The Balaban J connectivity index is 2.20. The standard InChI is InChI=1S/C17H20N2O2/c1-11(2)12-5-4-6-14(9-12)19-17(20)13-7-8-15(18)16(10-13)21-3/h4-11H,18H2,1-3H3,(H,19,20). The van der Waals surface area contributed by atoms with E-state index in [0.29, 0.717) is 22.9 Å². The van der Waals surface area contributed by atoms with Gasteiger partial charge in [-0.2, -0.15) is 0 Å². The molecular weight excluding hydrogens is 264 g/mol. The number of carbonyl (C=O) groups is 1. The highest BCUT2D eigenvalue weighted by molar-refractivity contribution is 6.04. The predicted octanol–water partition coefficient (Wildman–Crippen LogP) is 3.65. The summed E-state index contributed by atoms with van der Waals surface area (Å²) in [5, 5.41) is 2.89. The summed E-state index contributed by atoms with van der Waals surface area (Å²) in [7, 11) is 1.53. The Bertz CT molecular complexity index is 651. The molecule has 2 aromatic carbocycles. The lowest BCUT2D eigenvalue weighted by Crippen LogP contribution is -2.12. The van der Waals surface area contributed by atoms with Crippen molar-refractivity contribution >= 4 is 17.3 Å². The van der Waals surface area contributed by atoms with E-state index in [0.717, 1.165) is 5.69 Å². The minimum Gasteiger partial charge on any atom is -0.495 e. The first-order valence-electron chi connectivity index (χ1n) is 6.86. The average Bonchev–Trinajstić information content (AvgIpc) is 2.47. The van der Waals surface area contributed by atoms with Crippen LogP contribution < -0.4 is 15.8 Å². The maximum atomic E-state index is 12.3. The van der Waals surface area contributed by atoms with Crippen molar-refractivity contribution in [1.82, 2.24) is 0 Å². The topological polar surface area (TPSA) is 64.3 Å². The van der Waals surface area contributed by atoms with Crippen molar-refractivity contribution in [2.75, 3.05) is 18.2 Å². The molecule has 4 nitrogen and oxygen atoms in total. The normalized spacial score (nSPS) is 10.5. The lowest BCUT2D eigenvalue weighted by atomic mass is 10.0. The minimum atomic E-state index is -0.186. The highest BCUT2D eigenvalue weighted by Gasteiger charge is 2.10. The number of ether oxygens (including phenoxy) is 1. The van der Waals surface area contributed by atoms with E-state index in [1.54, 1.807) is 18.2 Å². The highest BCUT2D eigenvalue weighted by Crippen LogP contribution is 2.23. The lowest BCUT2D eigenvalue weighted by molar-refractivity contribution is 0.102. The van der Waals surface area contributed by atoms with Gasteiger partial charge in [0.1, 0.15) is 5.75 Å². The van der Waals surface area contributed by atoms with Crippen LogP contribution in [0, 0.1) is 0 Å². The molecule has 0 aliphatic heterocycles. The van der Waals surface area contributed by atoms with E-state index in [9.17, 15) is 4.79 Å². The molecule has 0 aliphatic rings. The second-order valence-electron chi connectivity index (χ2n) is 5.19. The van der Waals surface area contributed by atoms with E-state index >= 15 is 0 Å². The molecule has 0 bridgehead atoms. The van der Waals surface area contributed by atoms with Crippen LogP contribution in [-0.2, 0) is 0 Å². The second-order valence-corrected chi connectivity index (χ2v) is 5.19. The zero-order valence-corrected chi connectivity index (χ0v) is 12.5. The van der Waals surface area contributed by atoms with E-state index in [2.05, 4.69) is 19.2 Å². The van der Waals surface area contributed by atoms with Gasteiger partial charge in [0.15, 0.2) is 0 Å². The number of amides is 1. The molecule has 1 amide bonds. The maximum absolute atomic E-state index is 12.3. The number of nitrogens with one attached hydrogen (secondary N) is 1. The van der Waals surface area contributed by atoms with Gasteiger partial charge >= 0.3 is 0 Å². The zero-order chi connectivity index (χ0) is 15.4. The van der Waals surface area contributed by atoms with Crippen LogP contribution in [0.2, 0.25) is 0 Å². The number of anilines is 2. The Labute approximate surface area is 124 Å². The molecule has 2 aromatic rings. The molecule has 3 N–H and O–H groups in total. The second kappa shape index (κ2) is 6.31. The van der Waals surface area contributed by atoms with E-state index in [1.807, 2.05) is 24.3 Å². The fraction of sp³-hybridized carbons (Fsp3) is 0.235. The smallest absolute Gasteiger partial charge is 0.255 e. The summed E-state index contributed by atoms with van der Waals surface area (Å²) < 4.78 is 5.13.